The lowest BCUT2D eigenvalue weighted by Crippen LogP contribution is -2.60. The van der Waals surface area contributed by atoms with Crippen LogP contribution in [0.5, 0.6) is 0 Å². The molecule has 1 saturated heterocycles. The zero-order valence-corrected chi connectivity index (χ0v) is 37.6. The van der Waals surface area contributed by atoms with Gasteiger partial charge in [0.15, 0.2) is 0 Å². The van der Waals surface area contributed by atoms with Gasteiger partial charge in [-0.05, 0) is 76.8 Å². The molecule has 5 heterocycles. The van der Waals surface area contributed by atoms with Crippen molar-refractivity contribution in [2.24, 2.45) is 5.73 Å². The number of aliphatic hydroxyl groups is 1. The molecule has 3 aliphatic heterocycles. The molecule has 65 heavy (non-hydrogen) atoms. The van der Waals surface area contributed by atoms with Gasteiger partial charge in [-0.3, -0.25) is 33.3 Å². The highest BCUT2D eigenvalue weighted by atomic mass is 16.7. The number of aliphatic hydroxyl groups excluding tert-OH is 1. The van der Waals surface area contributed by atoms with E-state index in [1.807, 2.05) is 24.3 Å². The summed E-state index contributed by atoms with van der Waals surface area (Å²) < 4.78 is 21.2. The maximum atomic E-state index is 13.7. The Bertz CT molecular complexity index is 2160. The number of ether oxygens (including phenoxy) is 1. The molecular weight excluding hydrogens is 839 g/mol. The first-order valence-corrected chi connectivity index (χ1v) is 22.8. The second kappa shape index (κ2) is 23.1. The summed E-state index contributed by atoms with van der Waals surface area (Å²) in [5, 5.41) is 32.3. The molecule has 9 atom stereocenters. The molecule has 7 rings (SSSR count). The largest absolute Gasteiger partial charge is 0.481 e. The zero-order chi connectivity index (χ0) is 46.6. The monoisotopic (exact) mass is 902 g/mol. The second-order valence-corrected chi connectivity index (χ2v) is 17.2. The van der Waals surface area contributed by atoms with Crippen molar-refractivity contribution in [2.75, 3.05) is 13.2 Å². The van der Waals surface area contributed by atoms with Crippen LogP contribution in [-0.4, -0.2) is 129 Å². The van der Waals surface area contributed by atoms with Gasteiger partial charge in [-0.25, -0.2) is 4.68 Å². The number of nitrogens with zero attached hydrogens (tertiary/aromatic N) is 4. The molecular formula is C44H63BN10O10. The Labute approximate surface area is 378 Å². The number of nitrogens with two attached hydrogens (primary N) is 1. The fraction of sp³-hybridized carbons (Fsp3) is 0.591. The van der Waals surface area contributed by atoms with Gasteiger partial charge in [0.1, 0.15) is 24.2 Å². The lowest BCUT2D eigenvalue weighted by Gasteiger charge is -2.27. The van der Waals surface area contributed by atoms with Gasteiger partial charge in [-0.15, -0.1) is 5.10 Å². The average molecular weight is 903 g/mol. The number of aryl methyl sites for hydroxylation is 1. The second-order valence-electron chi connectivity index (χ2n) is 17.2. The summed E-state index contributed by atoms with van der Waals surface area (Å²) in [6.45, 7) is 7.58. The Morgan fingerprint density at radius 1 is 0.938 bits per heavy atom. The SMILES string of the molecule is CCCCCCc1ccc(-n2cc(C(=O)N[C@@H](CCCN)C(=O)N[C@H](C(=O)N[C@@H](C)C(=O)N[C@H]3Cc4cn(nn4)CCOC4C[C@@H]5OB(O[C@@H]5C4)[C@H](C)NC3=O)[C@@H](C)O)ccc2=O)cc1. The summed E-state index contributed by atoms with van der Waals surface area (Å²) in [6.07, 6.45) is 8.43. The number of aromatic nitrogens is 4. The van der Waals surface area contributed by atoms with E-state index in [4.69, 9.17) is 19.8 Å². The van der Waals surface area contributed by atoms with E-state index < -0.39 is 72.9 Å². The number of rotatable bonds is 18. The normalized spacial score (nSPS) is 22.6. The van der Waals surface area contributed by atoms with Gasteiger partial charge >= 0.3 is 7.12 Å². The third kappa shape index (κ3) is 13.3. The minimum absolute atomic E-state index is 0.0181. The predicted molar refractivity (Wildman–Crippen MR) is 238 cm³/mol. The zero-order valence-electron chi connectivity index (χ0n) is 37.6. The van der Waals surface area contributed by atoms with Crippen LogP contribution in [0.3, 0.4) is 0 Å². The summed E-state index contributed by atoms with van der Waals surface area (Å²) in [5.41, 5.74) is 7.65. The predicted octanol–water partition coefficient (Wildman–Crippen LogP) is -0.00440. The highest BCUT2D eigenvalue weighted by molar-refractivity contribution is 6.47. The molecule has 21 heteroatoms. The van der Waals surface area contributed by atoms with E-state index in [-0.39, 0.29) is 48.8 Å². The lowest BCUT2D eigenvalue weighted by atomic mass is 9.79. The molecule has 3 aromatic rings. The molecule has 2 fully saturated rings. The van der Waals surface area contributed by atoms with Gasteiger partial charge in [0, 0.05) is 43.4 Å². The maximum absolute atomic E-state index is 13.7. The Hall–Kier alpha value is -5.48. The van der Waals surface area contributed by atoms with Crippen LogP contribution in [0, 0.1) is 0 Å². The van der Waals surface area contributed by atoms with E-state index in [1.54, 1.807) is 17.8 Å². The first-order chi connectivity index (χ1) is 31.2. The maximum Gasteiger partial charge on any atom is 0.481 e. The summed E-state index contributed by atoms with van der Waals surface area (Å²) in [5.74, 6) is -4.21. The number of pyridine rings is 1. The van der Waals surface area contributed by atoms with E-state index in [1.165, 1.54) is 43.2 Å². The minimum atomic E-state index is -1.56. The lowest BCUT2D eigenvalue weighted by molar-refractivity contribution is -0.135. The van der Waals surface area contributed by atoms with Crippen LogP contribution in [0.15, 0.2) is 53.6 Å². The third-order valence-electron chi connectivity index (χ3n) is 11.9. The van der Waals surface area contributed by atoms with Gasteiger partial charge in [-0.1, -0.05) is 43.5 Å². The van der Waals surface area contributed by atoms with Crippen LogP contribution in [0.4, 0.5) is 0 Å². The fourth-order valence-corrected chi connectivity index (χ4v) is 8.18. The number of hydrogen-bond acceptors (Lipinski definition) is 13. The highest BCUT2D eigenvalue weighted by Crippen LogP contribution is 2.34. The smallest absolute Gasteiger partial charge is 0.404 e. The minimum Gasteiger partial charge on any atom is -0.404 e. The van der Waals surface area contributed by atoms with E-state index >= 15 is 0 Å². The quantitative estimate of drug-likeness (QED) is 0.0655. The van der Waals surface area contributed by atoms with Crippen LogP contribution in [0.25, 0.3) is 5.69 Å². The molecule has 1 aliphatic carbocycles. The van der Waals surface area contributed by atoms with Crippen molar-refractivity contribution in [3.63, 3.8) is 0 Å². The first-order valence-electron chi connectivity index (χ1n) is 22.8. The first kappa shape index (κ1) is 49.0. The van der Waals surface area contributed by atoms with Crippen molar-refractivity contribution in [3.8, 4) is 5.69 Å². The van der Waals surface area contributed by atoms with E-state index in [2.05, 4.69) is 43.8 Å². The third-order valence-corrected chi connectivity index (χ3v) is 11.9. The number of fused-ring (bicyclic) bond motifs is 6. The van der Waals surface area contributed by atoms with Crippen LogP contribution in [0.1, 0.15) is 101 Å². The Balaban J connectivity index is 1.08. The van der Waals surface area contributed by atoms with Crippen molar-refractivity contribution in [3.05, 3.63) is 76.0 Å². The average Bonchev–Trinajstić information content (AvgIpc) is 4.01. The number of unbranched alkanes of at least 4 members (excludes halogenated alkanes) is 3. The molecule has 4 aliphatic rings. The van der Waals surface area contributed by atoms with Crippen LogP contribution in [-0.2, 0) is 52.6 Å². The molecule has 20 nitrogen and oxygen atoms in total. The van der Waals surface area contributed by atoms with Crippen molar-refractivity contribution in [2.45, 2.75) is 153 Å². The Morgan fingerprint density at radius 2 is 1.68 bits per heavy atom. The number of amides is 5. The van der Waals surface area contributed by atoms with Crippen molar-refractivity contribution < 1.29 is 43.1 Å². The summed E-state index contributed by atoms with van der Waals surface area (Å²) >= 11 is 0. The topological polar surface area (TPSA) is 272 Å². The van der Waals surface area contributed by atoms with E-state index in [0.29, 0.717) is 43.8 Å². The number of benzene rings is 1. The molecule has 352 valence electrons. The van der Waals surface area contributed by atoms with Gasteiger partial charge in [0.2, 0.25) is 23.6 Å². The molecule has 0 spiro atoms. The molecule has 5 amide bonds. The number of hydrogen-bond donors (Lipinski definition) is 7. The molecule has 6 bridgehead atoms. The Kier molecular flexibility index (Phi) is 17.4. The summed E-state index contributed by atoms with van der Waals surface area (Å²) in [6, 6.07) is 5.02. The van der Waals surface area contributed by atoms with Crippen molar-refractivity contribution in [1.29, 1.82) is 0 Å². The number of carbonyl (C=O) groups is 5. The highest BCUT2D eigenvalue weighted by Gasteiger charge is 2.49. The summed E-state index contributed by atoms with van der Waals surface area (Å²) in [4.78, 5) is 81.2. The van der Waals surface area contributed by atoms with E-state index in [0.717, 1.165) is 31.2 Å². The van der Waals surface area contributed by atoms with Crippen LogP contribution < -0.4 is 37.9 Å². The fourth-order valence-electron chi connectivity index (χ4n) is 8.18. The molecule has 8 N–H and O–H groups in total. The molecule has 1 unspecified atom stereocenters. The van der Waals surface area contributed by atoms with Gasteiger partial charge < -0.3 is 51.5 Å². The van der Waals surface area contributed by atoms with Crippen molar-refractivity contribution >= 4 is 36.7 Å². The molecule has 1 aromatic carbocycles. The molecule has 1 saturated carbocycles. The summed E-state index contributed by atoms with van der Waals surface area (Å²) in [7, 11) is -0.704. The number of carbonyl (C=O) groups excluding carboxylic acids is 5. The van der Waals surface area contributed by atoms with Gasteiger partial charge in [0.05, 0.1) is 54.8 Å². The van der Waals surface area contributed by atoms with Gasteiger partial charge in [0.25, 0.3) is 11.5 Å². The molecule has 0 radical (unpaired) electrons. The van der Waals surface area contributed by atoms with Crippen LogP contribution in [0.2, 0.25) is 0 Å². The van der Waals surface area contributed by atoms with Crippen LogP contribution >= 0.6 is 0 Å². The van der Waals surface area contributed by atoms with E-state index in [9.17, 15) is 33.9 Å². The van der Waals surface area contributed by atoms with Gasteiger partial charge in [-0.2, -0.15) is 0 Å². The molecule has 2 aromatic heterocycles. The number of nitrogens with one attached hydrogen (secondary N) is 5. The standard InChI is InChI=1S/C44H63BN10O10/c1-5-6-7-8-10-29-12-15-32(16-13-29)55-24-30(14-17-38(55)57)41(59)49-34(11-9-18-46)42(60)51-39(27(3)56)44(62)47-26(2)40(58)50-35-21-31-25-54(53-52-31)19-20-63-33-22-36-37(23-33)65-45(64-36)28(4)48-43(35)61/h12-17,24-28,33-37,39,56H,5-11,18-23,46H2,1-4H3,(H,47,62)(H,48,61)(H,49,59)(H,50,58)(H,51,60)/t26-,27+,28-,33?,34-,35-,36-,37+,39-/m0/s1. The van der Waals surface area contributed by atoms with Crippen molar-refractivity contribution in [1.82, 2.24) is 46.1 Å². The Morgan fingerprint density at radius 3 is 2.37 bits per heavy atom.